The normalized spacial score (nSPS) is 10.1. The molecule has 2 rings (SSSR count). The summed E-state index contributed by atoms with van der Waals surface area (Å²) in [6.45, 7) is 1.94. The Labute approximate surface area is 106 Å². The molecule has 0 spiro atoms. The summed E-state index contributed by atoms with van der Waals surface area (Å²) < 4.78 is 0. The summed E-state index contributed by atoms with van der Waals surface area (Å²) in [5.41, 5.74) is 8.65. The second-order valence-electron chi connectivity index (χ2n) is 4.17. The average molecular weight is 241 g/mol. The molecule has 92 valence electrons. The van der Waals surface area contributed by atoms with E-state index in [9.17, 15) is 4.79 Å². The van der Waals surface area contributed by atoms with Gasteiger partial charge in [-0.25, -0.2) is 0 Å². The van der Waals surface area contributed by atoms with Gasteiger partial charge in [0.25, 0.3) is 5.91 Å². The van der Waals surface area contributed by atoms with Crippen molar-refractivity contribution in [3.8, 4) is 0 Å². The van der Waals surface area contributed by atoms with E-state index in [0.717, 1.165) is 11.3 Å². The standard InChI is InChI=1S/C14H15N3O/c1-10-5-6-12(13(15)8-10)14(18)17(2)11-4-3-7-16-9-11/h3-9H,15H2,1-2H3. The zero-order chi connectivity index (χ0) is 13.1. The molecule has 0 saturated carbocycles. The van der Waals surface area contributed by atoms with Crippen LogP contribution in [-0.4, -0.2) is 17.9 Å². The highest BCUT2D eigenvalue weighted by molar-refractivity contribution is 6.08. The molecular weight excluding hydrogens is 226 g/mol. The van der Waals surface area contributed by atoms with Gasteiger partial charge in [0.05, 0.1) is 17.4 Å². The van der Waals surface area contributed by atoms with Crippen molar-refractivity contribution >= 4 is 17.3 Å². The van der Waals surface area contributed by atoms with Crippen LogP contribution in [0.15, 0.2) is 42.7 Å². The maximum atomic E-state index is 12.3. The first kappa shape index (κ1) is 12.1. The second kappa shape index (κ2) is 4.87. The molecule has 0 bridgehead atoms. The fourth-order valence-corrected chi connectivity index (χ4v) is 1.73. The van der Waals surface area contributed by atoms with E-state index in [1.165, 1.54) is 4.90 Å². The third-order valence-electron chi connectivity index (χ3n) is 2.78. The van der Waals surface area contributed by atoms with Crippen molar-refractivity contribution < 1.29 is 4.79 Å². The molecule has 1 aromatic carbocycles. The Balaban J connectivity index is 2.32. The topological polar surface area (TPSA) is 59.2 Å². The number of nitrogens with zero attached hydrogens (tertiary/aromatic N) is 2. The van der Waals surface area contributed by atoms with Gasteiger partial charge in [-0.1, -0.05) is 6.07 Å². The van der Waals surface area contributed by atoms with Gasteiger partial charge in [0.1, 0.15) is 0 Å². The lowest BCUT2D eigenvalue weighted by molar-refractivity contribution is 0.0994. The van der Waals surface area contributed by atoms with Gasteiger partial charge in [-0.3, -0.25) is 9.78 Å². The van der Waals surface area contributed by atoms with Crippen LogP contribution in [0.3, 0.4) is 0 Å². The van der Waals surface area contributed by atoms with E-state index in [4.69, 9.17) is 5.73 Å². The van der Waals surface area contributed by atoms with Crippen LogP contribution >= 0.6 is 0 Å². The molecule has 1 aromatic heterocycles. The Morgan fingerprint density at radius 1 is 1.33 bits per heavy atom. The fourth-order valence-electron chi connectivity index (χ4n) is 1.73. The third-order valence-corrected chi connectivity index (χ3v) is 2.78. The maximum absolute atomic E-state index is 12.3. The smallest absolute Gasteiger partial charge is 0.260 e. The van der Waals surface area contributed by atoms with Crippen molar-refractivity contribution in [1.82, 2.24) is 4.98 Å². The van der Waals surface area contributed by atoms with Crippen molar-refractivity contribution in [2.75, 3.05) is 17.7 Å². The lowest BCUT2D eigenvalue weighted by Crippen LogP contribution is -2.27. The van der Waals surface area contributed by atoms with Crippen LogP contribution in [0.1, 0.15) is 15.9 Å². The molecule has 2 aromatic rings. The number of pyridine rings is 1. The zero-order valence-electron chi connectivity index (χ0n) is 10.4. The predicted octanol–water partition coefficient (Wildman–Crippen LogP) is 2.25. The number of nitrogen functional groups attached to an aromatic ring is 1. The molecule has 0 aliphatic rings. The van der Waals surface area contributed by atoms with Crippen molar-refractivity contribution in [3.05, 3.63) is 53.9 Å². The number of aryl methyl sites for hydroxylation is 1. The molecular formula is C14H15N3O. The number of rotatable bonds is 2. The van der Waals surface area contributed by atoms with Gasteiger partial charge in [-0.05, 0) is 36.8 Å². The van der Waals surface area contributed by atoms with Gasteiger partial charge < -0.3 is 10.6 Å². The number of hydrogen-bond donors (Lipinski definition) is 1. The minimum absolute atomic E-state index is 0.138. The first-order valence-corrected chi connectivity index (χ1v) is 5.64. The predicted molar refractivity (Wildman–Crippen MR) is 72.6 cm³/mol. The maximum Gasteiger partial charge on any atom is 0.260 e. The summed E-state index contributed by atoms with van der Waals surface area (Å²) in [6.07, 6.45) is 3.31. The number of benzene rings is 1. The van der Waals surface area contributed by atoms with Gasteiger partial charge in [-0.2, -0.15) is 0 Å². The number of hydrogen-bond acceptors (Lipinski definition) is 3. The molecule has 0 aliphatic heterocycles. The Morgan fingerprint density at radius 2 is 2.11 bits per heavy atom. The minimum Gasteiger partial charge on any atom is -0.398 e. The third kappa shape index (κ3) is 2.32. The molecule has 1 heterocycles. The quantitative estimate of drug-likeness (QED) is 0.820. The fraction of sp³-hybridized carbons (Fsp3) is 0.143. The number of anilines is 2. The van der Waals surface area contributed by atoms with Crippen molar-refractivity contribution in [3.63, 3.8) is 0 Å². The van der Waals surface area contributed by atoms with Crippen molar-refractivity contribution in [2.45, 2.75) is 6.92 Å². The number of carbonyl (C=O) groups excluding carboxylic acids is 1. The SMILES string of the molecule is Cc1ccc(C(=O)N(C)c2cccnc2)c(N)c1. The van der Waals surface area contributed by atoms with Crippen LogP contribution in [0.2, 0.25) is 0 Å². The number of amides is 1. The van der Waals surface area contributed by atoms with Gasteiger partial charge >= 0.3 is 0 Å². The van der Waals surface area contributed by atoms with Crippen LogP contribution in [0, 0.1) is 6.92 Å². The number of carbonyl (C=O) groups is 1. The van der Waals surface area contributed by atoms with Gasteiger partial charge in [0.2, 0.25) is 0 Å². The van der Waals surface area contributed by atoms with Gasteiger partial charge in [-0.15, -0.1) is 0 Å². The summed E-state index contributed by atoms with van der Waals surface area (Å²) in [6, 6.07) is 9.04. The summed E-state index contributed by atoms with van der Waals surface area (Å²) in [4.78, 5) is 17.8. The number of nitrogens with two attached hydrogens (primary N) is 1. The molecule has 0 radical (unpaired) electrons. The first-order chi connectivity index (χ1) is 8.59. The highest BCUT2D eigenvalue weighted by Crippen LogP contribution is 2.19. The lowest BCUT2D eigenvalue weighted by Gasteiger charge is -2.18. The highest BCUT2D eigenvalue weighted by atomic mass is 16.2. The molecule has 0 atom stereocenters. The van der Waals surface area contributed by atoms with E-state index in [1.54, 1.807) is 37.6 Å². The molecule has 1 amide bonds. The summed E-state index contributed by atoms with van der Waals surface area (Å²) >= 11 is 0. The Kier molecular flexibility index (Phi) is 3.28. The van der Waals surface area contributed by atoms with E-state index in [-0.39, 0.29) is 5.91 Å². The minimum atomic E-state index is -0.138. The van der Waals surface area contributed by atoms with Gasteiger partial charge in [0, 0.05) is 18.9 Å². The van der Waals surface area contributed by atoms with E-state index in [2.05, 4.69) is 4.98 Å². The average Bonchev–Trinajstić information content (AvgIpc) is 2.38. The zero-order valence-corrected chi connectivity index (χ0v) is 10.4. The monoisotopic (exact) mass is 241 g/mol. The summed E-state index contributed by atoms with van der Waals surface area (Å²) in [5, 5.41) is 0. The largest absolute Gasteiger partial charge is 0.398 e. The Morgan fingerprint density at radius 3 is 2.72 bits per heavy atom. The molecule has 4 nitrogen and oxygen atoms in total. The Bertz CT molecular complexity index is 567. The molecule has 18 heavy (non-hydrogen) atoms. The van der Waals surface area contributed by atoms with Crippen LogP contribution in [-0.2, 0) is 0 Å². The van der Waals surface area contributed by atoms with Crippen molar-refractivity contribution in [2.24, 2.45) is 0 Å². The van der Waals surface area contributed by atoms with Crippen LogP contribution in [0.5, 0.6) is 0 Å². The van der Waals surface area contributed by atoms with E-state index < -0.39 is 0 Å². The highest BCUT2D eigenvalue weighted by Gasteiger charge is 2.15. The van der Waals surface area contributed by atoms with E-state index >= 15 is 0 Å². The molecule has 0 unspecified atom stereocenters. The summed E-state index contributed by atoms with van der Waals surface area (Å²) in [5.74, 6) is -0.138. The van der Waals surface area contributed by atoms with Crippen LogP contribution in [0.4, 0.5) is 11.4 Å². The molecule has 0 saturated heterocycles. The van der Waals surface area contributed by atoms with Crippen molar-refractivity contribution in [1.29, 1.82) is 0 Å². The second-order valence-corrected chi connectivity index (χ2v) is 4.17. The van der Waals surface area contributed by atoms with E-state index in [0.29, 0.717) is 11.3 Å². The van der Waals surface area contributed by atoms with Crippen LogP contribution < -0.4 is 10.6 Å². The molecule has 0 aliphatic carbocycles. The molecule has 4 heteroatoms. The van der Waals surface area contributed by atoms with Gasteiger partial charge in [0.15, 0.2) is 0 Å². The lowest BCUT2D eigenvalue weighted by atomic mass is 10.1. The first-order valence-electron chi connectivity index (χ1n) is 5.64. The summed E-state index contributed by atoms with van der Waals surface area (Å²) in [7, 11) is 1.71. The molecule has 2 N–H and O–H groups in total. The van der Waals surface area contributed by atoms with Crippen LogP contribution in [0.25, 0.3) is 0 Å². The number of aromatic nitrogens is 1. The van der Waals surface area contributed by atoms with E-state index in [1.807, 2.05) is 19.1 Å². The molecule has 0 fully saturated rings. The Hall–Kier alpha value is -2.36.